The van der Waals surface area contributed by atoms with Gasteiger partial charge in [0, 0.05) is 21.6 Å². The maximum Gasteiger partial charge on any atom is 0.332 e. The van der Waals surface area contributed by atoms with Crippen molar-refractivity contribution < 1.29 is 15.0 Å². The van der Waals surface area contributed by atoms with Gasteiger partial charge in [-0.2, -0.15) is 0 Å². The molecule has 14 heavy (non-hydrogen) atoms. The molecule has 0 bridgehead atoms. The van der Waals surface area contributed by atoms with Crippen LogP contribution in [0.25, 0.3) is 0 Å². The summed E-state index contributed by atoms with van der Waals surface area (Å²) < 4.78 is 0. The molecule has 2 atom stereocenters. The molecule has 2 N–H and O–H groups in total. The van der Waals surface area contributed by atoms with E-state index in [0.717, 1.165) is 4.91 Å². The molecule has 0 radical (unpaired) electrons. The van der Waals surface area contributed by atoms with E-state index >= 15 is 0 Å². The first-order valence-corrected chi connectivity index (χ1v) is 5.20. The van der Waals surface area contributed by atoms with Gasteiger partial charge >= 0.3 is 5.97 Å². The molecule has 0 saturated heterocycles. The van der Waals surface area contributed by atoms with Crippen molar-refractivity contribution in [1.82, 2.24) is 0 Å². The Morgan fingerprint density at radius 3 is 3.00 bits per heavy atom. The lowest BCUT2D eigenvalue weighted by Crippen LogP contribution is -2.19. The van der Waals surface area contributed by atoms with Gasteiger partial charge in [-0.05, 0) is 0 Å². The van der Waals surface area contributed by atoms with Crippen molar-refractivity contribution in [2.24, 2.45) is 5.92 Å². The maximum absolute atomic E-state index is 10.9. The van der Waals surface area contributed by atoms with Crippen molar-refractivity contribution in [3.05, 3.63) is 34.8 Å². The Labute approximate surface area is 85.8 Å². The van der Waals surface area contributed by atoms with Gasteiger partial charge in [-0.15, -0.1) is 11.8 Å². The molecule has 4 heteroatoms. The van der Waals surface area contributed by atoms with Crippen LogP contribution in [-0.2, 0) is 4.79 Å². The summed E-state index contributed by atoms with van der Waals surface area (Å²) in [6, 6.07) is 0. The topological polar surface area (TPSA) is 57.5 Å². The van der Waals surface area contributed by atoms with Gasteiger partial charge in [-0.25, -0.2) is 4.79 Å². The summed E-state index contributed by atoms with van der Waals surface area (Å²) in [4.78, 5) is 11.7. The fourth-order valence-electron chi connectivity index (χ4n) is 1.69. The zero-order valence-electron chi connectivity index (χ0n) is 7.38. The van der Waals surface area contributed by atoms with Gasteiger partial charge in [0.05, 0.1) is 6.61 Å². The van der Waals surface area contributed by atoms with Crippen LogP contribution >= 0.6 is 11.8 Å². The Morgan fingerprint density at radius 1 is 1.57 bits per heavy atom. The Bertz CT molecular complexity index is 354. The highest BCUT2D eigenvalue weighted by Crippen LogP contribution is 2.42. The second-order valence-electron chi connectivity index (χ2n) is 3.21. The van der Waals surface area contributed by atoms with Crippen LogP contribution in [0, 0.1) is 5.92 Å². The minimum absolute atomic E-state index is 0.00158. The average molecular weight is 210 g/mol. The Hall–Kier alpha value is -1.00. The van der Waals surface area contributed by atoms with Gasteiger partial charge < -0.3 is 10.2 Å². The molecule has 0 aromatic rings. The standard InChI is InChI=1S/C10H10O3S/c11-5-6-4-8-7(10(12)13)2-1-3-9(8)14-6/h1-4,8-9,11H,5H2,(H,12,13). The molecule has 1 aliphatic carbocycles. The summed E-state index contributed by atoms with van der Waals surface area (Å²) in [6.07, 6.45) is 7.21. The van der Waals surface area contributed by atoms with Crippen molar-refractivity contribution in [1.29, 1.82) is 0 Å². The van der Waals surface area contributed by atoms with Gasteiger partial charge in [0.1, 0.15) is 0 Å². The molecule has 0 aromatic heterocycles. The van der Waals surface area contributed by atoms with E-state index in [4.69, 9.17) is 10.2 Å². The monoisotopic (exact) mass is 210 g/mol. The van der Waals surface area contributed by atoms with Gasteiger partial charge in [0.15, 0.2) is 0 Å². The number of rotatable bonds is 2. The number of aliphatic hydroxyl groups is 1. The number of hydrogen-bond acceptors (Lipinski definition) is 3. The highest BCUT2D eigenvalue weighted by molar-refractivity contribution is 8.04. The predicted octanol–water partition coefficient (Wildman–Crippen LogP) is 1.18. The molecule has 0 amide bonds. The number of fused-ring (bicyclic) bond motifs is 1. The number of thioether (sulfide) groups is 1. The molecule has 2 unspecified atom stereocenters. The molecule has 0 aromatic carbocycles. The summed E-state index contributed by atoms with van der Waals surface area (Å²) in [5, 5.41) is 18.0. The van der Waals surface area contributed by atoms with Gasteiger partial charge in [0.2, 0.25) is 0 Å². The lowest BCUT2D eigenvalue weighted by atomic mass is 9.91. The van der Waals surface area contributed by atoms with Crippen molar-refractivity contribution in [3.63, 3.8) is 0 Å². The summed E-state index contributed by atoms with van der Waals surface area (Å²) in [6.45, 7) is -0.00158. The first-order chi connectivity index (χ1) is 6.72. The van der Waals surface area contributed by atoms with Crippen LogP contribution in [0.5, 0.6) is 0 Å². The van der Waals surface area contributed by atoms with Crippen molar-refractivity contribution in [2.45, 2.75) is 5.25 Å². The van der Waals surface area contributed by atoms with E-state index in [-0.39, 0.29) is 17.8 Å². The van der Waals surface area contributed by atoms with Gasteiger partial charge in [0.25, 0.3) is 0 Å². The molecule has 0 spiro atoms. The number of aliphatic hydroxyl groups excluding tert-OH is 1. The normalized spacial score (nSPS) is 29.5. The van der Waals surface area contributed by atoms with Crippen LogP contribution < -0.4 is 0 Å². The molecule has 2 rings (SSSR count). The lowest BCUT2D eigenvalue weighted by molar-refractivity contribution is -0.133. The highest BCUT2D eigenvalue weighted by Gasteiger charge is 2.33. The van der Waals surface area contributed by atoms with Gasteiger partial charge in [-0.1, -0.05) is 24.3 Å². The first kappa shape index (κ1) is 9.55. The third kappa shape index (κ3) is 1.51. The third-order valence-electron chi connectivity index (χ3n) is 2.35. The average Bonchev–Trinajstić information content (AvgIpc) is 2.59. The van der Waals surface area contributed by atoms with Gasteiger partial charge in [-0.3, -0.25) is 0 Å². The molecule has 2 aliphatic rings. The second kappa shape index (κ2) is 3.63. The second-order valence-corrected chi connectivity index (χ2v) is 4.52. The van der Waals surface area contributed by atoms with E-state index in [9.17, 15) is 4.79 Å². The molecule has 1 heterocycles. The first-order valence-electron chi connectivity index (χ1n) is 4.32. The minimum atomic E-state index is -0.875. The van der Waals surface area contributed by atoms with E-state index < -0.39 is 5.97 Å². The minimum Gasteiger partial charge on any atom is -0.478 e. The molecule has 0 saturated carbocycles. The molecular formula is C10H10O3S. The van der Waals surface area contributed by atoms with Crippen LogP contribution in [0.2, 0.25) is 0 Å². The van der Waals surface area contributed by atoms with Crippen LogP contribution in [0.3, 0.4) is 0 Å². The Morgan fingerprint density at radius 2 is 2.36 bits per heavy atom. The Kier molecular flexibility index (Phi) is 2.48. The number of hydrogen-bond donors (Lipinski definition) is 2. The third-order valence-corrected chi connectivity index (χ3v) is 3.64. The van der Waals surface area contributed by atoms with Crippen molar-refractivity contribution >= 4 is 17.7 Å². The molecule has 0 fully saturated rings. The Balaban J connectivity index is 2.29. The molecule has 3 nitrogen and oxygen atoms in total. The summed E-state index contributed by atoms with van der Waals surface area (Å²) in [7, 11) is 0. The van der Waals surface area contributed by atoms with Crippen molar-refractivity contribution in [2.75, 3.05) is 6.61 Å². The summed E-state index contributed by atoms with van der Waals surface area (Å²) >= 11 is 1.54. The quantitative estimate of drug-likeness (QED) is 0.718. The van der Waals surface area contributed by atoms with Crippen molar-refractivity contribution in [3.8, 4) is 0 Å². The zero-order valence-corrected chi connectivity index (χ0v) is 8.20. The number of aliphatic carboxylic acids is 1. The van der Waals surface area contributed by atoms with E-state index in [1.807, 2.05) is 12.2 Å². The van der Waals surface area contributed by atoms with Crippen LogP contribution in [-0.4, -0.2) is 28.0 Å². The number of carboxylic acids is 1. The summed E-state index contributed by atoms with van der Waals surface area (Å²) in [5.41, 5.74) is 0.411. The highest BCUT2D eigenvalue weighted by atomic mass is 32.2. The van der Waals surface area contributed by atoms with E-state index in [1.54, 1.807) is 12.2 Å². The van der Waals surface area contributed by atoms with Crippen LogP contribution in [0.15, 0.2) is 34.8 Å². The summed E-state index contributed by atoms with van der Waals surface area (Å²) in [5.74, 6) is -0.954. The number of carbonyl (C=O) groups is 1. The van der Waals surface area contributed by atoms with E-state index in [2.05, 4.69) is 0 Å². The predicted molar refractivity (Wildman–Crippen MR) is 54.9 cm³/mol. The van der Waals surface area contributed by atoms with Crippen LogP contribution in [0.4, 0.5) is 0 Å². The molecule has 1 aliphatic heterocycles. The number of allylic oxidation sites excluding steroid dienone is 3. The number of carboxylic acid groups (broad SMARTS) is 1. The fourth-order valence-corrected chi connectivity index (χ4v) is 2.88. The largest absolute Gasteiger partial charge is 0.478 e. The van der Waals surface area contributed by atoms with E-state index in [1.165, 1.54) is 11.8 Å². The lowest BCUT2D eigenvalue weighted by Gasteiger charge is -2.18. The zero-order chi connectivity index (χ0) is 10.1. The fraction of sp³-hybridized carbons (Fsp3) is 0.300. The molecular weight excluding hydrogens is 200 g/mol. The SMILES string of the molecule is O=C(O)C1=CC=CC2SC(CO)=CC12. The van der Waals surface area contributed by atoms with Crippen LogP contribution in [0.1, 0.15) is 0 Å². The van der Waals surface area contributed by atoms with E-state index in [0.29, 0.717) is 5.57 Å². The molecule has 74 valence electrons. The smallest absolute Gasteiger partial charge is 0.332 e. The maximum atomic E-state index is 10.9.